The molecule has 14 heteroatoms. The number of aromatic nitrogens is 2. The van der Waals surface area contributed by atoms with Crippen LogP contribution in [-0.2, 0) is 20.0 Å². The van der Waals surface area contributed by atoms with Gasteiger partial charge in [0.25, 0.3) is 0 Å². The van der Waals surface area contributed by atoms with Crippen LogP contribution in [-0.4, -0.2) is 54.0 Å². The van der Waals surface area contributed by atoms with Gasteiger partial charge in [0.1, 0.15) is 39.2 Å². The van der Waals surface area contributed by atoms with Crippen LogP contribution < -0.4 is 15.9 Å². The van der Waals surface area contributed by atoms with Gasteiger partial charge in [-0.05, 0) is 43.8 Å². The second-order valence-electron chi connectivity index (χ2n) is 11.2. The normalized spacial score (nSPS) is 11.1. The summed E-state index contributed by atoms with van der Waals surface area (Å²) in [7, 11) is 2.07. The number of esters is 1. The quantitative estimate of drug-likeness (QED) is 0.0621. The highest BCUT2D eigenvalue weighted by molar-refractivity contribution is 7.98. The number of thiazole rings is 1. The van der Waals surface area contributed by atoms with E-state index in [0.717, 1.165) is 27.1 Å². The average molecular weight is 721 g/mol. The summed E-state index contributed by atoms with van der Waals surface area (Å²) in [6.45, 7) is 5.68. The van der Waals surface area contributed by atoms with Gasteiger partial charge in [0.15, 0.2) is 0 Å². The standard InChI is InChI=1S/C34H34ClN6O4PS2/c1-34(2,3)45-33(43)39-14-13-28(42)44-15-16-46-25-11-7-21(8-12-25)29-26(17-36)30(38-4)41-32(27(29)18-37)48-20-24-19-47-31(40-24)22-5-9-23(35)10-6-22/h5-12,19,46H,13-16,20H2,1-4H3,(H,38,41)(H,39,43). The molecular weight excluding hydrogens is 687 g/mol. The van der Waals surface area contributed by atoms with E-state index >= 15 is 0 Å². The maximum Gasteiger partial charge on any atom is 0.407 e. The first-order valence-corrected chi connectivity index (χ1v) is 18.3. The second-order valence-corrected chi connectivity index (χ2v) is 14.9. The fourth-order valence-corrected chi connectivity index (χ4v) is 7.19. The molecule has 2 aromatic heterocycles. The molecule has 2 N–H and O–H groups in total. The SMILES string of the molecule is CNc1nc(SCc2csc(-c3ccc(Cl)cc3)n2)c(C#N)c(-c2ccc(PCCOC(=O)CCNC(=O)OC(C)(C)C)cc2)c1C#N. The molecule has 1 atom stereocenters. The molecule has 0 aliphatic rings. The molecule has 248 valence electrons. The first-order chi connectivity index (χ1) is 23.0. The van der Waals surface area contributed by atoms with Crippen molar-refractivity contribution in [2.24, 2.45) is 0 Å². The van der Waals surface area contributed by atoms with Gasteiger partial charge in [-0.3, -0.25) is 4.79 Å². The zero-order chi connectivity index (χ0) is 34.7. The lowest BCUT2D eigenvalue weighted by atomic mass is 9.97. The zero-order valence-electron chi connectivity index (χ0n) is 26.8. The van der Waals surface area contributed by atoms with E-state index in [1.807, 2.05) is 53.9 Å². The Hall–Kier alpha value is -4.19. The van der Waals surface area contributed by atoms with E-state index in [2.05, 4.69) is 27.8 Å². The van der Waals surface area contributed by atoms with Gasteiger partial charge in [0, 0.05) is 47.0 Å². The third kappa shape index (κ3) is 10.4. The molecule has 1 unspecified atom stereocenters. The van der Waals surface area contributed by atoms with Gasteiger partial charge in [-0.2, -0.15) is 10.5 Å². The van der Waals surface area contributed by atoms with Crippen LogP contribution in [0.1, 0.15) is 44.0 Å². The highest BCUT2D eigenvalue weighted by atomic mass is 35.5. The lowest BCUT2D eigenvalue weighted by Crippen LogP contribution is -2.33. The van der Waals surface area contributed by atoms with Crippen LogP contribution >= 0.6 is 43.3 Å². The minimum absolute atomic E-state index is 0.0501. The van der Waals surface area contributed by atoms with Crippen LogP contribution in [0.2, 0.25) is 5.02 Å². The lowest BCUT2D eigenvalue weighted by Gasteiger charge is -2.19. The van der Waals surface area contributed by atoms with Crippen molar-refractivity contribution in [2.45, 2.75) is 43.6 Å². The minimum atomic E-state index is -0.608. The van der Waals surface area contributed by atoms with Crippen LogP contribution in [0.3, 0.4) is 0 Å². The van der Waals surface area contributed by atoms with Crippen molar-refractivity contribution >= 4 is 66.5 Å². The van der Waals surface area contributed by atoms with E-state index in [1.165, 1.54) is 23.1 Å². The summed E-state index contributed by atoms with van der Waals surface area (Å²) in [5, 5.41) is 30.9. The van der Waals surface area contributed by atoms with Crippen molar-refractivity contribution in [3.8, 4) is 33.8 Å². The van der Waals surface area contributed by atoms with E-state index in [9.17, 15) is 20.1 Å². The molecule has 2 heterocycles. The number of nitrogens with one attached hydrogen (secondary N) is 2. The van der Waals surface area contributed by atoms with Gasteiger partial charge in [-0.25, -0.2) is 14.8 Å². The molecular formula is C34H34ClN6O4PS2. The van der Waals surface area contributed by atoms with Crippen molar-refractivity contribution < 1.29 is 19.1 Å². The van der Waals surface area contributed by atoms with Crippen molar-refractivity contribution in [3.05, 3.63) is 75.8 Å². The highest BCUT2D eigenvalue weighted by Crippen LogP contribution is 2.38. The molecule has 0 radical (unpaired) electrons. The van der Waals surface area contributed by atoms with E-state index < -0.39 is 17.7 Å². The molecule has 10 nitrogen and oxygen atoms in total. The molecule has 0 saturated carbocycles. The van der Waals surface area contributed by atoms with Crippen molar-refractivity contribution in [2.75, 3.05) is 31.7 Å². The summed E-state index contributed by atoms with van der Waals surface area (Å²) in [6.07, 6.45) is 0.107. The number of hydrogen-bond donors (Lipinski definition) is 2. The largest absolute Gasteiger partial charge is 0.465 e. The monoisotopic (exact) mass is 720 g/mol. The average Bonchev–Trinajstić information content (AvgIpc) is 3.53. The number of thioether (sulfide) groups is 1. The predicted molar refractivity (Wildman–Crippen MR) is 193 cm³/mol. The van der Waals surface area contributed by atoms with Gasteiger partial charge in [-0.15, -0.1) is 11.3 Å². The molecule has 0 saturated heterocycles. The van der Waals surface area contributed by atoms with Gasteiger partial charge < -0.3 is 20.1 Å². The van der Waals surface area contributed by atoms with Gasteiger partial charge in [-0.1, -0.05) is 68.3 Å². The van der Waals surface area contributed by atoms with Crippen LogP contribution in [0, 0.1) is 22.7 Å². The van der Waals surface area contributed by atoms with E-state index in [1.54, 1.807) is 27.8 Å². The Morgan fingerprint density at radius 2 is 1.71 bits per heavy atom. The number of halogens is 1. The Kier molecular flexibility index (Phi) is 13.2. The summed E-state index contributed by atoms with van der Waals surface area (Å²) >= 11 is 8.95. The number of anilines is 1. The Morgan fingerprint density at radius 1 is 1.02 bits per heavy atom. The van der Waals surface area contributed by atoms with E-state index in [-0.39, 0.29) is 19.6 Å². The number of benzene rings is 2. The van der Waals surface area contributed by atoms with Crippen LogP contribution in [0.4, 0.5) is 10.6 Å². The van der Waals surface area contributed by atoms with Crippen molar-refractivity contribution in [1.82, 2.24) is 15.3 Å². The topological polar surface area (TPSA) is 150 Å². The van der Waals surface area contributed by atoms with Gasteiger partial charge >= 0.3 is 12.1 Å². The molecule has 0 fully saturated rings. The molecule has 4 rings (SSSR count). The van der Waals surface area contributed by atoms with Crippen molar-refractivity contribution in [3.63, 3.8) is 0 Å². The molecule has 0 aliphatic carbocycles. The number of amides is 1. The number of nitrogens with zero attached hydrogens (tertiary/aromatic N) is 4. The first kappa shape index (κ1) is 36.6. The Labute approximate surface area is 295 Å². The molecule has 4 aromatic rings. The number of pyridine rings is 1. The van der Waals surface area contributed by atoms with E-state index in [0.29, 0.717) is 53.1 Å². The zero-order valence-corrected chi connectivity index (χ0v) is 30.2. The first-order valence-electron chi connectivity index (χ1n) is 14.9. The molecule has 0 aliphatic heterocycles. The Bertz CT molecular complexity index is 1830. The Balaban J connectivity index is 1.38. The summed E-state index contributed by atoms with van der Waals surface area (Å²) in [6, 6.07) is 19.7. The molecule has 48 heavy (non-hydrogen) atoms. The van der Waals surface area contributed by atoms with Gasteiger partial charge in [0.2, 0.25) is 0 Å². The maximum absolute atomic E-state index is 12.0. The number of nitriles is 2. The number of carbonyl (C=O) groups excluding carboxylic acids is 2. The minimum Gasteiger partial charge on any atom is -0.465 e. The van der Waals surface area contributed by atoms with E-state index in [4.69, 9.17) is 26.1 Å². The smallest absolute Gasteiger partial charge is 0.407 e. The molecule has 0 bridgehead atoms. The van der Waals surface area contributed by atoms with Crippen LogP contribution in [0.5, 0.6) is 0 Å². The van der Waals surface area contributed by atoms with Crippen LogP contribution in [0.15, 0.2) is 58.9 Å². The summed E-state index contributed by atoms with van der Waals surface area (Å²) in [4.78, 5) is 33.1. The second kappa shape index (κ2) is 17.3. The predicted octanol–water partition coefficient (Wildman–Crippen LogP) is 7.36. The number of carbonyl (C=O) groups is 2. The fourth-order valence-electron chi connectivity index (χ4n) is 4.36. The number of hydrogen-bond acceptors (Lipinski definition) is 11. The third-order valence-electron chi connectivity index (χ3n) is 6.49. The number of rotatable bonds is 13. The molecule has 2 aromatic carbocycles. The maximum atomic E-state index is 12.0. The number of alkyl carbamates (subject to hydrolysis) is 1. The summed E-state index contributed by atoms with van der Waals surface area (Å²) < 4.78 is 10.4. The molecule has 1 amide bonds. The van der Waals surface area contributed by atoms with Crippen LogP contribution in [0.25, 0.3) is 21.7 Å². The Morgan fingerprint density at radius 3 is 2.35 bits per heavy atom. The van der Waals surface area contributed by atoms with Crippen molar-refractivity contribution in [1.29, 1.82) is 10.5 Å². The summed E-state index contributed by atoms with van der Waals surface area (Å²) in [5.41, 5.74) is 3.08. The van der Waals surface area contributed by atoms with Gasteiger partial charge in [0.05, 0.1) is 24.3 Å². The fraction of sp³-hybridized carbons (Fsp3) is 0.294. The molecule has 0 spiro atoms. The number of ether oxygens (including phenoxy) is 2. The highest BCUT2D eigenvalue weighted by Gasteiger charge is 2.22. The summed E-state index contributed by atoms with van der Waals surface area (Å²) in [5.74, 6) is 0.483. The lowest BCUT2D eigenvalue weighted by molar-refractivity contribution is -0.142. The third-order valence-corrected chi connectivity index (χ3v) is 9.89.